The Labute approximate surface area is 199 Å². The van der Waals surface area contributed by atoms with Gasteiger partial charge in [0.2, 0.25) is 0 Å². The van der Waals surface area contributed by atoms with Crippen LogP contribution in [0.15, 0.2) is 23.2 Å². The van der Waals surface area contributed by atoms with Gasteiger partial charge < -0.3 is 23.8 Å². The molecule has 0 aromatic carbocycles. The van der Waals surface area contributed by atoms with E-state index in [1.165, 1.54) is 17.5 Å². The molecule has 1 fully saturated rings. The van der Waals surface area contributed by atoms with Gasteiger partial charge in [-0.15, -0.1) is 11.3 Å². The van der Waals surface area contributed by atoms with Crippen LogP contribution in [-0.4, -0.2) is 75.0 Å². The maximum atomic E-state index is 13.3. The van der Waals surface area contributed by atoms with Crippen molar-refractivity contribution in [2.75, 3.05) is 51.5 Å². The van der Waals surface area contributed by atoms with Gasteiger partial charge >= 0.3 is 17.9 Å². The highest BCUT2D eigenvalue weighted by Gasteiger charge is 2.35. The number of esters is 3. The van der Waals surface area contributed by atoms with Gasteiger partial charge in [-0.05, 0) is 46.1 Å². The average molecular weight is 483 g/mol. The van der Waals surface area contributed by atoms with Crippen molar-refractivity contribution in [1.82, 2.24) is 4.90 Å². The molecule has 1 aromatic heterocycles. The van der Waals surface area contributed by atoms with Crippen molar-refractivity contribution in [3.05, 3.63) is 28.8 Å². The summed E-state index contributed by atoms with van der Waals surface area (Å²) in [5, 5.41) is 2.56. The van der Waals surface area contributed by atoms with Gasteiger partial charge in [0.05, 0.1) is 26.4 Å². The highest BCUT2D eigenvalue weighted by atomic mass is 32.1. The first-order valence-electron chi connectivity index (χ1n) is 11.0. The van der Waals surface area contributed by atoms with Gasteiger partial charge in [0.25, 0.3) is 0 Å². The van der Waals surface area contributed by atoms with Gasteiger partial charge in [0.1, 0.15) is 16.6 Å². The van der Waals surface area contributed by atoms with Crippen molar-refractivity contribution < 1.29 is 33.3 Å². The number of hydrogen-bond acceptors (Lipinski definition) is 10. The van der Waals surface area contributed by atoms with Crippen LogP contribution in [-0.2, 0) is 33.3 Å². The Morgan fingerprint density at radius 2 is 1.73 bits per heavy atom. The van der Waals surface area contributed by atoms with Crippen molar-refractivity contribution in [3.8, 4) is 0 Å². The summed E-state index contributed by atoms with van der Waals surface area (Å²) >= 11 is 1.39. The third kappa shape index (κ3) is 7.55. The van der Waals surface area contributed by atoms with Crippen LogP contribution in [0.3, 0.4) is 0 Å². The molecule has 1 saturated heterocycles. The van der Waals surface area contributed by atoms with E-state index in [0.29, 0.717) is 31.3 Å². The molecule has 9 nitrogen and oxygen atoms in total. The minimum absolute atomic E-state index is 0.126. The molecule has 1 unspecified atom stereocenters. The largest absolute Gasteiger partial charge is 0.462 e. The van der Waals surface area contributed by atoms with Crippen LogP contribution in [0, 0.1) is 0 Å². The maximum absolute atomic E-state index is 13.3. The summed E-state index contributed by atoms with van der Waals surface area (Å²) in [5.74, 6) is -1.90. The molecule has 0 N–H and O–H groups in total. The molecule has 2 heterocycles. The Kier molecular flexibility index (Phi) is 9.87. The van der Waals surface area contributed by atoms with Crippen LogP contribution < -0.4 is 4.90 Å². The van der Waals surface area contributed by atoms with Crippen LogP contribution in [0.5, 0.6) is 0 Å². The van der Waals surface area contributed by atoms with Crippen LogP contribution in [0.25, 0.3) is 0 Å². The van der Waals surface area contributed by atoms with Gasteiger partial charge in [-0.1, -0.05) is 0 Å². The molecule has 1 aromatic rings. The first kappa shape index (κ1) is 26.8. The number of nitrogens with zero attached hydrogens (tertiary/aromatic N) is 2. The molecular weight excluding hydrogens is 448 g/mol. The van der Waals surface area contributed by atoms with Crippen LogP contribution in [0.2, 0.25) is 0 Å². The SMILES string of the molecule is CCOC(=O)C(=CN(C)c1sccc1C(C(=O)OC(C)(C)C)N1CCOCC1)C(=O)OCC. The van der Waals surface area contributed by atoms with E-state index < -0.39 is 23.6 Å². The van der Waals surface area contributed by atoms with Gasteiger partial charge in [-0.3, -0.25) is 4.90 Å². The highest BCUT2D eigenvalue weighted by Crippen LogP contribution is 2.37. The lowest BCUT2D eigenvalue weighted by atomic mass is 10.1. The van der Waals surface area contributed by atoms with Crippen molar-refractivity contribution in [2.24, 2.45) is 0 Å². The lowest BCUT2D eigenvalue weighted by Gasteiger charge is -2.35. The van der Waals surface area contributed by atoms with E-state index in [-0.39, 0.29) is 24.8 Å². The van der Waals surface area contributed by atoms with Gasteiger partial charge in [0, 0.05) is 31.9 Å². The predicted molar refractivity (Wildman–Crippen MR) is 125 cm³/mol. The van der Waals surface area contributed by atoms with Crippen molar-refractivity contribution in [2.45, 2.75) is 46.3 Å². The Hall–Kier alpha value is -2.43. The number of morpholine rings is 1. The average Bonchev–Trinajstić information content (AvgIpc) is 3.21. The predicted octanol–water partition coefficient (Wildman–Crippen LogP) is 2.91. The fourth-order valence-electron chi connectivity index (χ4n) is 3.33. The monoisotopic (exact) mass is 482 g/mol. The summed E-state index contributed by atoms with van der Waals surface area (Å²) < 4.78 is 21.3. The van der Waals surface area contributed by atoms with E-state index in [1.807, 2.05) is 37.1 Å². The summed E-state index contributed by atoms with van der Waals surface area (Å²) in [7, 11) is 1.71. The number of anilines is 1. The topological polar surface area (TPSA) is 94.6 Å². The van der Waals surface area contributed by atoms with Gasteiger partial charge in [-0.25, -0.2) is 14.4 Å². The third-order valence-electron chi connectivity index (χ3n) is 4.64. The quantitative estimate of drug-likeness (QED) is 0.173. The molecule has 1 aliphatic heterocycles. The normalized spacial score (nSPS) is 15.3. The molecule has 0 amide bonds. The Morgan fingerprint density at radius 3 is 2.24 bits per heavy atom. The van der Waals surface area contributed by atoms with Crippen molar-refractivity contribution >= 4 is 34.2 Å². The van der Waals surface area contributed by atoms with E-state index >= 15 is 0 Å². The minimum Gasteiger partial charge on any atom is -0.462 e. The van der Waals surface area contributed by atoms with E-state index in [0.717, 1.165) is 5.56 Å². The summed E-state index contributed by atoms with van der Waals surface area (Å²) in [6.45, 7) is 11.3. The molecule has 33 heavy (non-hydrogen) atoms. The standard InChI is InChI=1S/C23H34N2O7S/c1-7-30-20(26)17(21(27)31-8-2)15-24(6)19-16(9-14-33-19)18(22(28)32-23(3,4)5)25-10-12-29-13-11-25/h9,14-15,18H,7-8,10-13H2,1-6H3. The molecule has 184 valence electrons. The smallest absolute Gasteiger partial charge is 0.347 e. The molecule has 1 atom stereocenters. The highest BCUT2D eigenvalue weighted by molar-refractivity contribution is 7.14. The molecule has 2 rings (SSSR count). The van der Waals surface area contributed by atoms with Crippen LogP contribution in [0.4, 0.5) is 5.00 Å². The van der Waals surface area contributed by atoms with Crippen LogP contribution >= 0.6 is 11.3 Å². The van der Waals surface area contributed by atoms with E-state index in [9.17, 15) is 14.4 Å². The van der Waals surface area contributed by atoms with E-state index in [4.69, 9.17) is 18.9 Å². The van der Waals surface area contributed by atoms with Gasteiger partial charge in [0.15, 0.2) is 5.57 Å². The zero-order valence-corrected chi connectivity index (χ0v) is 21.0. The first-order chi connectivity index (χ1) is 15.6. The number of rotatable bonds is 9. The minimum atomic E-state index is -0.766. The molecule has 0 aliphatic carbocycles. The molecule has 10 heteroatoms. The molecule has 0 spiro atoms. The van der Waals surface area contributed by atoms with E-state index in [1.54, 1.807) is 25.8 Å². The second-order valence-corrected chi connectivity index (χ2v) is 9.25. The Balaban J connectivity index is 2.44. The first-order valence-corrected chi connectivity index (χ1v) is 11.9. The number of thiophene rings is 1. The summed E-state index contributed by atoms with van der Waals surface area (Å²) in [6, 6.07) is 1.21. The van der Waals surface area contributed by atoms with Crippen LogP contribution in [0.1, 0.15) is 46.2 Å². The molecule has 1 aliphatic rings. The Bertz CT molecular complexity index is 833. The number of ether oxygens (including phenoxy) is 4. The molecule has 0 radical (unpaired) electrons. The summed E-state index contributed by atoms with van der Waals surface area (Å²) in [6.07, 6.45) is 1.39. The third-order valence-corrected chi connectivity index (χ3v) is 5.66. The zero-order chi connectivity index (χ0) is 24.6. The fourth-order valence-corrected chi connectivity index (χ4v) is 4.21. The number of hydrogen-bond donors (Lipinski definition) is 0. The molecular formula is C23H34N2O7S. The van der Waals surface area contributed by atoms with E-state index in [2.05, 4.69) is 0 Å². The molecule has 0 bridgehead atoms. The lowest BCUT2D eigenvalue weighted by molar-refractivity contribution is -0.163. The fraction of sp³-hybridized carbons (Fsp3) is 0.609. The summed E-state index contributed by atoms with van der Waals surface area (Å²) in [5.41, 5.74) is -0.146. The number of carbonyl (C=O) groups excluding carboxylic acids is 3. The second kappa shape index (κ2) is 12.2. The van der Waals surface area contributed by atoms with Gasteiger partial charge in [-0.2, -0.15) is 0 Å². The number of carbonyl (C=O) groups is 3. The zero-order valence-electron chi connectivity index (χ0n) is 20.2. The molecule has 0 saturated carbocycles. The maximum Gasteiger partial charge on any atom is 0.347 e. The summed E-state index contributed by atoms with van der Waals surface area (Å²) in [4.78, 5) is 41.7. The Morgan fingerprint density at radius 1 is 1.15 bits per heavy atom. The van der Waals surface area contributed by atoms with Crippen molar-refractivity contribution in [3.63, 3.8) is 0 Å². The lowest BCUT2D eigenvalue weighted by Crippen LogP contribution is -2.44. The van der Waals surface area contributed by atoms with Crippen molar-refractivity contribution in [1.29, 1.82) is 0 Å². The second-order valence-electron chi connectivity index (χ2n) is 8.36.